The Balaban J connectivity index is 1.16. The summed E-state index contributed by atoms with van der Waals surface area (Å²) in [6.45, 7) is 3.15. The molecule has 4 atom stereocenters. The SMILES string of the molecule is COc1ccc2c(c1)CC[C@@H]1[C@@H]2CC[C@@]2(C)c3c(sc4ncn(Cc5ccc6c(c5)OCO6)c(=O)c34)C[C@@H]12. The van der Waals surface area contributed by atoms with Gasteiger partial charge >= 0.3 is 0 Å². The standard InChI is InChI=1S/C31H30N2O4S/c1-31-10-9-21-20-7-5-19(35-2)12-18(20)4-6-22(21)23(31)13-26-28(31)27-29(38-26)32-15-33(30(27)34)14-17-3-8-24-25(11-17)37-16-36-24/h3,5,7-8,11-12,15,21-23H,4,6,9-10,13-14,16H2,1-2H3/t21-,22-,23+,31-/m1/s1. The number of ether oxygens (including phenoxy) is 3. The summed E-state index contributed by atoms with van der Waals surface area (Å²) in [5.74, 6) is 4.27. The molecule has 6 nitrogen and oxygen atoms in total. The van der Waals surface area contributed by atoms with E-state index in [1.165, 1.54) is 34.4 Å². The van der Waals surface area contributed by atoms with Gasteiger partial charge in [0.25, 0.3) is 5.56 Å². The first-order valence-corrected chi connectivity index (χ1v) is 14.4. The summed E-state index contributed by atoms with van der Waals surface area (Å²) >= 11 is 1.75. The molecule has 194 valence electrons. The van der Waals surface area contributed by atoms with Crippen LogP contribution in [0.25, 0.3) is 10.2 Å². The minimum Gasteiger partial charge on any atom is -0.497 e. The smallest absolute Gasteiger partial charge is 0.262 e. The highest BCUT2D eigenvalue weighted by Crippen LogP contribution is 2.62. The van der Waals surface area contributed by atoms with Crippen molar-refractivity contribution in [1.29, 1.82) is 0 Å². The Morgan fingerprint density at radius 3 is 2.95 bits per heavy atom. The molecular formula is C31H30N2O4S. The molecule has 7 heteroatoms. The van der Waals surface area contributed by atoms with Crippen molar-refractivity contribution in [3.63, 3.8) is 0 Å². The van der Waals surface area contributed by atoms with Gasteiger partial charge in [0.2, 0.25) is 6.79 Å². The van der Waals surface area contributed by atoms with Gasteiger partial charge < -0.3 is 14.2 Å². The van der Waals surface area contributed by atoms with Gasteiger partial charge in [0.05, 0.1) is 25.4 Å². The third kappa shape index (κ3) is 3.11. The van der Waals surface area contributed by atoms with Gasteiger partial charge in [-0.1, -0.05) is 19.1 Å². The second-order valence-corrected chi connectivity index (χ2v) is 12.7. The summed E-state index contributed by atoms with van der Waals surface area (Å²) in [4.78, 5) is 21.0. The highest BCUT2D eigenvalue weighted by atomic mass is 32.1. The van der Waals surface area contributed by atoms with Crippen LogP contribution in [0.15, 0.2) is 47.5 Å². The predicted octanol–water partition coefficient (Wildman–Crippen LogP) is 5.81. The van der Waals surface area contributed by atoms with Crippen LogP contribution in [0, 0.1) is 11.8 Å². The van der Waals surface area contributed by atoms with Gasteiger partial charge in [-0.3, -0.25) is 9.36 Å². The number of benzene rings is 2. The van der Waals surface area contributed by atoms with Crippen molar-refractivity contribution in [3.05, 3.63) is 80.2 Å². The van der Waals surface area contributed by atoms with Gasteiger partial charge in [0.1, 0.15) is 10.6 Å². The number of rotatable bonds is 3. The Hall–Kier alpha value is -3.32. The lowest BCUT2D eigenvalue weighted by atomic mass is 9.55. The summed E-state index contributed by atoms with van der Waals surface area (Å²) in [6.07, 6.45) is 7.38. The lowest BCUT2D eigenvalue weighted by molar-refractivity contribution is 0.106. The molecule has 4 aromatic rings. The van der Waals surface area contributed by atoms with Gasteiger partial charge in [0.15, 0.2) is 11.5 Å². The fourth-order valence-corrected chi connectivity index (χ4v) is 9.39. The van der Waals surface area contributed by atoms with Crippen molar-refractivity contribution in [2.45, 2.75) is 56.9 Å². The van der Waals surface area contributed by atoms with Gasteiger partial charge in [0, 0.05) is 4.88 Å². The van der Waals surface area contributed by atoms with Crippen LogP contribution in [-0.2, 0) is 24.8 Å². The number of fused-ring (bicyclic) bond motifs is 10. The van der Waals surface area contributed by atoms with Crippen LogP contribution in [0.1, 0.15) is 59.2 Å². The van der Waals surface area contributed by atoms with Crippen molar-refractivity contribution in [3.8, 4) is 17.2 Å². The summed E-state index contributed by atoms with van der Waals surface area (Å²) in [6, 6.07) is 12.6. The highest BCUT2D eigenvalue weighted by molar-refractivity contribution is 7.18. The number of nitrogens with zero attached hydrogens (tertiary/aromatic N) is 2. The third-order valence-corrected chi connectivity index (χ3v) is 11.0. The molecule has 4 aliphatic rings. The molecule has 1 fully saturated rings. The van der Waals surface area contributed by atoms with Crippen molar-refractivity contribution in [1.82, 2.24) is 9.55 Å². The van der Waals surface area contributed by atoms with E-state index >= 15 is 0 Å². The van der Waals surface area contributed by atoms with Gasteiger partial charge in [-0.05, 0) is 102 Å². The molecule has 2 aromatic carbocycles. The quantitative estimate of drug-likeness (QED) is 0.337. The topological polar surface area (TPSA) is 62.6 Å². The van der Waals surface area contributed by atoms with Crippen molar-refractivity contribution < 1.29 is 14.2 Å². The molecule has 8 rings (SSSR count). The third-order valence-electron chi connectivity index (χ3n) is 9.84. The Morgan fingerprint density at radius 2 is 2.05 bits per heavy atom. The maximum absolute atomic E-state index is 14.0. The fraction of sp³-hybridized carbons (Fsp3) is 0.419. The molecule has 0 amide bonds. The maximum atomic E-state index is 14.0. The first-order valence-electron chi connectivity index (χ1n) is 13.6. The number of hydrogen-bond donors (Lipinski definition) is 0. The predicted molar refractivity (Wildman–Crippen MR) is 147 cm³/mol. The van der Waals surface area contributed by atoms with Crippen LogP contribution >= 0.6 is 11.3 Å². The zero-order chi connectivity index (χ0) is 25.6. The maximum Gasteiger partial charge on any atom is 0.262 e. The number of aryl methyl sites for hydroxylation is 1. The zero-order valence-electron chi connectivity index (χ0n) is 21.7. The Labute approximate surface area is 225 Å². The van der Waals surface area contributed by atoms with Crippen LogP contribution in [0.4, 0.5) is 0 Å². The van der Waals surface area contributed by atoms with Crippen LogP contribution in [-0.4, -0.2) is 23.5 Å². The molecule has 1 saturated carbocycles. The molecule has 2 aromatic heterocycles. The lowest BCUT2D eigenvalue weighted by Gasteiger charge is -2.49. The first-order chi connectivity index (χ1) is 18.5. The average Bonchev–Trinajstić information content (AvgIpc) is 3.62. The fourth-order valence-electron chi connectivity index (χ4n) is 8.06. The van der Waals surface area contributed by atoms with Gasteiger partial charge in [-0.25, -0.2) is 4.98 Å². The number of thiophene rings is 1. The van der Waals surface area contributed by atoms with E-state index in [0.29, 0.717) is 24.3 Å². The number of aromatic nitrogens is 2. The van der Waals surface area contributed by atoms with E-state index in [-0.39, 0.29) is 17.8 Å². The zero-order valence-corrected chi connectivity index (χ0v) is 22.5. The van der Waals surface area contributed by atoms with E-state index in [1.54, 1.807) is 29.3 Å². The summed E-state index contributed by atoms with van der Waals surface area (Å²) in [5.41, 5.74) is 5.40. The van der Waals surface area contributed by atoms with E-state index in [0.717, 1.165) is 52.3 Å². The van der Waals surface area contributed by atoms with Gasteiger partial charge in [-0.2, -0.15) is 0 Å². The van der Waals surface area contributed by atoms with Crippen LogP contribution in [0.2, 0.25) is 0 Å². The van der Waals surface area contributed by atoms with Crippen molar-refractivity contribution >= 4 is 21.6 Å². The number of hydrogen-bond acceptors (Lipinski definition) is 6. The molecule has 0 saturated heterocycles. The van der Waals surface area contributed by atoms with E-state index in [2.05, 4.69) is 25.1 Å². The molecule has 38 heavy (non-hydrogen) atoms. The van der Waals surface area contributed by atoms with E-state index < -0.39 is 0 Å². The second kappa shape index (κ2) is 8.09. The molecular weight excluding hydrogens is 496 g/mol. The Bertz CT molecular complexity index is 1670. The average molecular weight is 527 g/mol. The van der Waals surface area contributed by atoms with E-state index in [9.17, 15) is 4.79 Å². The molecule has 0 bridgehead atoms. The normalized spacial score (nSPS) is 26.5. The molecule has 0 radical (unpaired) electrons. The van der Waals surface area contributed by atoms with E-state index in [1.807, 2.05) is 18.2 Å². The molecule has 0 unspecified atom stereocenters. The second-order valence-electron chi connectivity index (χ2n) is 11.6. The van der Waals surface area contributed by atoms with Crippen LogP contribution < -0.4 is 19.8 Å². The minimum atomic E-state index is 0.0253. The Kier molecular flexibility index (Phi) is 4.82. The van der Waals surface area contributed by atoms with Crippen LogP contribution in [0.5, 0.6) is 17.2 Å². The summed E-state index contributed by atoms with van der Waals surface area (Å²) in [7, 11) is 1.75. The Morgan fingerprint density at radius 1 is 1.16 bits per heavy atom. The summed E-state index contributed by atoms with van der Waals surface area (Å²) < 4.78 is 18.3. The minimum absolute atomic E-state index is 0.0253. The molecule has 3 aliphatic carbocycles. The molecule has 0 spiro atoms. The van der Waals surface area contributed by atoms with Crippen LogP contribution in [0.3, 0.4) is 0 Å². The van der Waals surface area contributed by atoms with Crippen molar-refractivity contribution in [2.24, 2.45) is 11.8 Å². The molecule has 0 N–H and O–H groups in total. The monoisotopic (exact) mass is 526 g/mol. The largest absolute Gasteiger partial charge is 0.497 e. The van der Waals surface area contributed by atoms with Gasteiger partial charge in [-0.15, -0.1) is 11.3 Å². The van der Waals surface area contributed by atoms with E-state index in [4.69, 9.17) is 19.2 Å². The summed E-state index contributed by atoms with van der Waals surface area (Å²) in [5, 5.41) is 0.859. The molecule has 1 aliphatic heterocycles. The highest BCUT2D eigenvalue weighted by Gasteiger charge is 2.54. The lowest BCUT2D eigenvalue weighted by Crippen LogP contribution is -2.43. The van der Waals surface area contributed by atoms with Crippen molar-refractivity contribution in [2.75, 3.05) is 13.9 Å². The number of methoxy groups -OCH3 is 1. The molecule has 3 heterocycles. The first kappa shape index (κ1) is 22.6.